The standard InChI is InChI=1S/C22H20N2O3S/c25-21(17-9-3-1-4-10-17)24-22(28)23-19-13-7-8-14-20(19)27-16-15-26-18-11-5-2-6-12-18/h1-14H,15-16H2,(H2,23,24,25,28). The maximum atomic E-state index is 12.2. The molecule has 28 heavy (non-hydrogen) atoms. The number of hydrogen-bond donors (Lipinski definition) is 2. The highest BCUT2D eigenvalue weighted by Gasteiger charge is 2.09. The van der Waals surface area contributed by atoms with Crippen LogP contribution in [-0.2, 0) is 0 Å². The third-order valence-electron chi connectivity index (χ3n) is 3.75. The van der Waals surface area contributed by atoms with Crippen LogP contribution in [0.1, 0.15) is 10.4 Å². The molecule has 0 aliphatic heterocycles. The smallest absolute Gasteiger partial charge is 0.257 e. The fraction of sp³-hybridized carbons (Fsp3) is 0.0909. The van der Waals surface area contributed by atoms with Crippen molar-refractivity contribution >= 4 is 28.9 Å². The number of thiocarbonyl (C=S) groups is 1. The SMILES string of the molecule is O=C(NC(=S)Nc1ccccc1OCCOc1ccccc1)c1ccccc1. The van der Waals surface area contributed by atoms with Gasteiger partial charge in [0.25, 0.3) is 5.91 Å². The van der Waals surface area contributed by atoms with E-state index in [1.165, 1.54) is 0 Å². The van der Waals surface area contributed by atoms with Crippen LogP contribution in [-0.4, -0.2) is 24.2 Å². The summed E-state index contributed by atoms with van der Waals surface area (Å²) in [5.41, 5.74) is 1.20. The lowest BCUT2D eigenvalue weighted by atomic mass is 10.2. The van der Waals surface area contributed by atoms with E-state index in [4.69, 9.17) is 21.7 Å². The highest BCUT2D eigenvalue weighted by atomic mass is 32.1. The van der Waals surface area contributed by atoms with Crippen molar-refractivity contribution in [2.24, 2.45) is 0 Å². The molecule has 3 rings (SSSR count). The van der Waals surface area contributed by atoms with Crippen molar-refractivity contribution in [2.45, 2.75) is 0 Å². The van der Waals surface area contributed by atoms with Crippen LogP contribution in [0.4, 0.5) is 5.69 Å². The summed E-state index contributed by atoms with van der Waals surface area (Å²) in [6, 6.07) is 25.8. The number of nitrogens with one attached hydrogen (secondary N) is 2. The van der Waals surface area contributed by atoms with Gasteiger partial charge in [-0.15, -0.1) is 0 Å². The minimum Gasteiger partial charge on any atom is -0.490 e. The van der Waals surface area contributed by atoms with Crippen LogP contribution in [0.15, 0.2) is 84.9 Å². The topological polar surface area (TPSA) is 59.6 Å². The van der Waals surface area contributed by atoms with Crippen LogP contribution in [0.25, 0.3) is 0 Å². The van der Waals surface area contributed by atoms with E-state index in [1.807, 2.05) is 60.7 Å². The fourth-order valence-corrected chi connectivity index (χ4v) is 2.64. The zero-order valence-electron chi connectivity index (χ0n) is 15.1. The maximum Gasteiger partial charge on any atom is 0.257 e. The zero-order valence-corrected chi connectivity index (χ0v) is 15.9. The van der Waals surface area contributed by atoms with Gasteiger partial charge in [0, 0.05) is 5.56 Å². The largest absolute Gasteiger partial charge is 0.490 e. The Morgan fingerprint density at radius 3 is 2.14 bits per heavy atom. The number of ether oxygens (including phenoxy) is 2. The Kier molecular flexibility index (Phi) is 6.98. The first-order valence-corrected chi connectivity index (χ1v) is 9.20. The van der Waals surface area contributed by atoms with Crippen LogP contribution in [0.5, 0.6) is 11.5 Å². The monoisotopic (exact) mass is 392 g/mol. The molecule has 3 aromatic carbocycles. The summed E-state index contributed by atoms with van der Waals surface area (Å²) in [4.78, 5) is 12.2. The quantitative estimate of drug-likeness (QED) is 0.464. The van der Waals surface area contributed by atoms with Crippen molar-refractivity contribution in [1.82, 2.24) is 5.32 Å². The van der Waals surface area contributed by atoms with Gasteiger partial charge in [0.15, 0.2) is 5.11 Å². The summed E-state index contributed by atoms with van der Waals surface area (Å²) >= 11 is 5.25. The van der Waals surface area contributed by atoms with Crippen molar-refractivity contribution in [3.63, 3.8) is 0 Å². The zero-order chi connectivity index (χ0) is 19.6. The van der Waals surface area contributed by atoms with E-state index in [9.17, 15) is 4.79 Å². The summed E-state index contributed by atoms with van der Waals surface area (Å²) in [5.74, 6) is 1.14. The number of rotatable bonds is 7. The van der Waals surface area contributed by atoms with Crippen LogP contribution in [0.2, 0.25) is 0 Å². The Morgan fingerprint density at radius 1 is 0.786 bits per heavy atom. The van der Waals surface area contributed by atoms with Gasteiger partial charge in [0.05, 0.1) is 5.69 Å². The lowest BCUT2D eigenvalue weighted by molar-refractivity contribution is 0.0977. The van der Waals surface area contributed by atoms with Crippen LogP contribution >= 0.6 is 12.2 Å². The number of carbonyl (C=O) groups excluding carboxylic acids is 1. The van der Waals surface area contributed by atoms with Crippen LogP contribution < -0.4 is 20.1 Å². The molecule has 3 aromatic rings. The number of para-hydroxylation sites is 3. The minimum atomic E-state index is -0.271. The molecule has 0 spiro atoms. The number of carbonyl (C=O) groups is 1. The first-order chi connectivity index (χ1) is 13.7. The first-order valence-electron chi connectivity index (χ1n) is 8.79. The molecule has 0 heterocycles. The lowest BCUT2D eigenvalue weighted by Gasteiger charge is -2.14. The predicted molar refractivity (Wildman–Crippen MR) is 114 cm³/mol. The van der Waals surface area contributed by atoms with E-state index in [2.05, 4.69) is 10.6 Å². The average molecular weight is 392 g/mol. The molecule has 2 N–H and O–H groups in total. The molecule has 0 saturated heterocycles. The second-order valence-corrected chi connectivity index (χ2v) is 6.19. The molecule has 142 valence electrons. The third-order valence-corrected chi connectivity index (χ3v) is 3.96. The summed E-state index contributed by atoms with van der Waals surface area (Å²) in [6.45, 7) is 0.782. The normalized spacial score (nSPS) is 10.0. The second-order valence-electron chi connectivity index (χ2n) is 5.78. The van der Waals surface area contributed by atoms with Crippen molar-refractivity contribution in [3.8, 4) is 11.5 Å². The van der Waals surface area contributed by atoms with Gasteiger partial charge < -0.3 is 14.8 Å². The van der Waals surface area contributed by atoms with E-state index >= 15 is 0 Å². The van der Waals surface area contributed by atoms with Crippen molar-refractivity contribution < 1.29 is 14.3 Å². The summed E-state index contributed by atoms with van der Waals surface area (Å²) in [7, 11) is 0. The Labute approximate surface area is 169 Å². The van der Waals surface area contributed by atoms with E-state index in [1.54, 1.807) is 24.3 Å². The van der Waals surface area contributed by atoms with E-state index in [0.717, 1.165) is 5.75 Å². The molecule has 6 heteroatoms. The Morgan fingerprint density at radius 2 is 1.39 bits per heavy atom. The highest BCUT2D eigenvalue weighted by molar-refractivity contribution is 7.80. The molecule has 0 radical (unpaired) electrons. The Balaban J connectivity index is 1.51. The minimum absolute atomic E-state index is 0.199. The molecule has 5 nitrogen and oxygen atoms in total. The van der Waals surface area contributed by atoms with E-state index in [0.29, 0.717) is 30.2 Å². The van der Waals surface area contributed by atoms with Gasteiger partial charge in [0.2, 0.25) is 0 Å². The Hall–Kier alpha value is -3.38. The molecule has 1 amide bonds. The summed E-state index contributed by atoms with van der Waals surface area (Å²) in [6.07, 6.45) is 0. The van der Waals surface area contributed by atoms with Gasteiger partial charge in [-0.25, -0.2) is 0 Å². The fourth-order valence-electron chi connectivity index (χ4n) is 2.44. The molecule has 0 saturated carbocycles. The molecule has 0 aromatic heterocycles. The molecule has 0 aliphatic rings. The third kappa shape index (κ3) is 5.82. The van der Waals surface area contributed by atoms with Crippen LogP contribution in [0, 0.1) is 0 Å². The van der Waals surface area contributed by atoms with Gasteiger partial charge in [0.1, 0.15) is 24.7 Å². The van der Waals surface area contributed by atoms with Crippen molar-refractivity contribution in [3.05, 3.63) is 90.5 Å². The first kappa shape index (κ1) is 19.4. The van der Waals surface area contributed by atoms with Gasteiger partial charge >= 0.3 is 0 Å². The van der Waals surface area contributed by atoms with Gasteiger partial charge in [-0.2, -0.15) is 0 Å². The maximum absolute atomic E-state index is 12.2. The number of hydrogen-bond acceptors (Lipinski definition) is 4. The molecule has 0 unspecified atom stereocenters. The molecule has 0 bridgehead atoms. The van der Waals surface area contributed by atoms with E-state index < -0.39 is 0 Å². The molecular formula is C22H20N2O3S. The number of benzene rings is 3. The van der Waals surface area contributed by atoms with Crippen molar-refractivity contribution in [2.75, 3.05) is 18.5 Å². The van der Waals surface area contributed by atoms with Crippen LogP contribution in [0.3, 0.4) is 0 Å². The highest BCUT2D eigenvalue weighted by Crippen LogP contribution is 2.23. The molecule has 0 fully saturated rings. The van der Waals surface area contributed by atoms with Crippen molar-refractivity contribution in [1.29, 1.82) is 0 Å². The lowest BCUT2D eigenvalue weighted by Crippen LogP contribution is -2.34. The summed E-state index contributed by atoms with van der Waals surface area (Å²) < 4.78 is 11.4. The number of anilines is 1. The van der Waals surface area contributed by atoms with Gasteiger partial charge in [-0.3, -0.25) is 10.1 Å². The van der Waals surface area contributed by atoms with E-state index in [-0.39, 0.29) is 11.0 Å². The van der Waals surface area contributed by atoms with Gasteiger partial charge in [-0.05, 0) is 48.6 Å². The second kappa shape index (κ2) is 10.1. The average Bonchev–Trinajstić information content (AvgIpc) is 2.73. The molecule has 0 atom stereocenters. The van der Waals surface area contributed by atoms with Gasteiger partial charge in [-0.1, -0.05) is 48.5 Å². The molecule has 0 aliphatic carbocycles. The number of amides is 1. The Bertz CT molecular complexity index is 917. The summed E-state index contributed by atoms with van der Waals surface area (Å²) in [5, 5.41) is 5.86. The molecular weight excluding hydrogens is 372 g/mol. The predicted octanol–water partition coefficient (Wildman–Crippen LogP) is 4.27.